The number of hydrogen-bond acceptors (Lipinski definition) is 3. The Kier molecular flexibility index (Phi) is 2.67. The molecule has 0 saturated carbocycles. The van der Waals surface area contributed by atoms with Crippen molar-refractivity contribution in [3.63, 3.8) is 0 Å². The van der Waals surface area contributed by atoms with Crippen molar-refractivity contribution < 1.29 is 4.74 Å². The van der Waals surface area contributed by atoms with Crippen molar-refractivity contribution in [2.24, 2.45) is 0 Å². The summed E-state index contributed by atoms with van der Waals surface area (Å²) in [7, 11) is 5.87. The average molecular weight is 206 g/mol. The van der Waals surface area contributed by atoms with Crippen molar-refractivity contribution in [3.05, 3.63) is 29.8 Å². The number of rotatable bonds is 3. The Morgan fingerprint density at radius 1 is 1.20 bits per heavy atom. The molecule has 1 heterocycles. The highest BCUT2D eigenvalue weighted by Gasteiger charge is 2.38. The van der Waals surface area contributed by atoms with Crippen LogP contribution in [-0.4, -0.2) is 34.3 Å². The van der Waals surface area contributed by atoms with E-state index in [-0.39, 0.29) is 5.60 Å². The highest BCUT2D eigenvalue weighted by molar-refractivity contribution is 5.47. The first-order valence-corrected chi connectivity index (χ1v) is 5.22. The minimum Gasteiger partial charge on any atom is -0.378 e. The molecule has 1 aromatic carbocycles. The minimum absolute atomic E-state index is 0.0924. The number of hydrogen-bond donors (Lipinski definition) is 1. The van der Waals surface area contributed by atoms with Gasteiger partial charge in [-0.3, -0.25) is 0 Å². The van der Waals surface area contributed by atoms with Gasteiger partial charge in [-0.2, -0.15) is 0 Å². The van der Waals surface area contributed by atoms with Crippen LogP contribution in [0.25, 0.3) is 0 Å². The van der Waals surface area contributed by atoms with E-state index in [0.717, 1.165) is 13.1 Å². The number of nitrogens with one attached hydrogen (secondary N) is 1. The number of benzene rings is 1. The van der Waals surface area contributed by atoms with Gasteiger partial charge in [-0.05, 0) is 17.7 Å². The molecule has 1 aromatic rings. The second kappa shape index (κ2) is 3.83. The number of anilines is 1. The Hall–Kier alpha value is -1.06. The van der Waals surface area contributed by atoms with Crippen molar-refractivity contribution in [1.29, 1.82) is 0 Å². The molecule has 1 saturated heterocycles. The molecule has 3 nitrogen and oxygen atoms in total. The first-order valence-electron chi connectivity index (χ1n) is 5.22. The summed E-state index contributed by atoms with van der Waals surface area (Å²) in [5.74, 6) is 0. The maximum Gasteiger partial charge on any atom is 0.117 e. The van der Waals surface area contributed by atoms with Gasteiger partial charge in [-0.25, -0.2) is 0 Å². The van der Waals surface area contributed by atoms with Crippen LogP contribution in [0.5, 0.6) is 0 Å². The maximum absolute atomic E-state index is 5.58. The molecular formula is C12H18N2O. The lowest BCUT2D eigenvalue weighted by Crippen LogP contribution is -2.57. The molecule has 0 bridgehead atoms. The molecule has 0 aromatic heterocycles. The molecule has 0 unspecified atom stereocenters. The monoisotopic (exact) mass is 206 g/mol. The van der Waals surface area contributed by atoms with E-state index in [9.17, 15) is 0 Å². The van der Waals surface area contributed by atoms with Crippen LogP contribution in [-0.2, 0) is 10.3 Å². The van der Waals surface area contributed by atoms with Crippen LogP contribution >= 0.6 is 0 Å². The largest absolute Gasteiger partial charge is 0.378 e. The molecule has 1 fully saturated rings. The summed E-state index contributed by atoms with van der Waals surface area (Å²) in [6.07, 6.45) is 0. The smallest absolute Gasteiger partial charge is 0.117 e. The van der Waals surface area contributed by atoms with Gasteiger partial charge in [-0.15, -0.1) is 0 Å². The Bertz CT molecular complexity index is 322. The van der Waals surface area contributed by atoms with Gasteiger partial charge >= 0.3 is 0 Å². The Morgan fingerprint density at radius 3 is 2.13 bits per heavy atom. The van der Waals surface area contributed by atoms with Crippen LogP contribution in [0.2, 0.25) is 0 Å². The predicted octanol–water partition coefficient (Wildman–Crippen LogP) is 1.20. The molecule has 0 aliphatic carbocycles. The maximum atomic E-state index is 5.58. The summed E-state index contributed by atoms with van der Waals surface area (Å²) in [6, 6.07) is 8.57. The Balaban J connectivity index is 2.23. The van der Waals surface area contributed by atoms with E-state index in [1.807, 2.05) is 14.1 Å². The van der Waals surface area contributed by atoms with Gasteiger partial charge in [0, 0.05) is 40.0 Å². The van der Waals surface area contributed by atoms with E-state index in [1.54, 1.807) is 7.11 Å². The average Bonchev–Trinajstić information content (AvgIpc) is 2.18. The third-order valence-electron chi connectivity index (χ3n) is 3.12. The zero-order chi connectivity index (χ0) is 10.9. The second-order valence-corrected chi connectivity index (χ2v) is 4.24. The summed E-state index contributed by atoms with van der Waals surface area (Å²) in [5.41, 5.74) is 2.39. The highest BCUT2D eigenvalue weighted by Crippen LogP contribution is 2.30. The lowest BCUT2D eigenvalue weighted by atomic mass is 9.88. The van der Waals surface area contributed by atoms with Crippen molar-refractivity contribution in [2.75, 3.05) is 39.2 Å². The van der Waals surface area contributed by atoms with Gasteiger partial charge in [-0.1, -0.05) is 12.1 Å². The molecule has 3 heteroatoms. The van der Waals surface area contributed by atoms with E-state index in [4.69, 9.17) is 4.74 Å². The number of ether oxygens (including phenoxy) is 1. The molecule has 0 radical (unpaired) electrons. The topological polar surface area (TPSA) is 24.5 Å². The fourth-order valence-corrected chi connectivity index (χ4v) is 1.88. The van der Waals surface area contributed by atoms with Gasteiger partial charge in [0.05, 0.1) is 0 Å². The lowest BCUT2D eigenvalue weighted by molar-refractivity contribution is -0.0565. The third-order valence-corrected chi connectivity index (χ3v) is 3.12. The normalized spacial score (nSPS) is 18.3. The summed E-state index contributed by atoms with van der Waals surface area (Å²) in [6.45, 7) is 1.82. The van der Waals surface area contributed by atoms with Crippen molar-refractivity contribution in [3.8, 4) is 0 Å². The number of methoxy groups -OCH3 is 1. The molecule has 82 valence electrons. The van der Waals surface area contributed by atoms with E-state index in [1.165, 1.54) is 11.3 Å². The van der Waals surface area contributed by atoms with Crippen LogP contribution in [0.15, 0.2) is 24.3 Å². The van der Waals surface area contributed by atoms with Crippen LogP contribution in [0.1, 0.15) is 5.56 Å². The van der Waals surface area contributed by atoms with E-state index in [0.29, 0.717) is 0 Å². The van der Waals surface area contributed by atoms with Gasteiger partial charge in [0.1, 0.15) is 5.60 Å². The molecule has 1 aliphatic heterocycles. The fraction of sp³-hybridized carbons (Fsp3) is 0.500. The lowest BCUT2D eigenvalue weighted by Gasteiger charge is -2.41. The molecule has 0 atom stereocenters. The van der Waals surface area contributed by atoms with Crippen molar-refractivity contribution >= 4 is 5.69 Å². The Labute approximate surface area is 91.0 Å². The number of nitrogens with zero attached hydrogens (tertiary/aromatic N) is 1. The molecule has 2 rings (SSSR count). The van der Waals surface area contributed by atoms with E-state index < -0.39 is 0 Å². The molecule has 1 aliphatic rings. The molecule has 0 amide bonds. The summed E-state index contributed by atoms with van der Waals surface area (Å²) in [5, 5.41) is 3.25. The van der Waals surface area contributed by atoms with Crippen molar-refractivity contribution in [1.82, 2.24) is 5.32 Å². The fourth-order valence-electron chi connectivity index (χ4n) is 1.88. The SMILES string of the molecule is COC1(c2ccc(N(C)C)cc2)CNC1. The highest BCUT2D eigenvalue weighted by atomic mass is 16.5. The first kappa shape index (κ1) is 10.5. The van der Waals surface area contributed by atoms with Gasteiger partial charge in [0.25, 0.3) is 0 Å². The first-order chi connectivity index (χ1) is 7.18. The molecular weight excluding hydrogens is 188 g/mol. The van der Waals surface area contributed by atoms with E-state index >= 15 is 0 Å². The quantitative estimate of drug-likeness (QED) is 0.804. The molecule has 15 heavy (non-hydrogen) atoms. The van der Waals surface area contributed by atoms with Crippen LogP contribution < -0.4 is 10.2 Å². The zero-order valence-corrected chi connectivity index (χ0v) is 9.58. The van der Waals surface area contributed by atoms with Gasteiger partial charge in [0.15, 0.2) is 0 Å². The molecule has 0 spiro atoms. The summed E-state index contributed by atoms with van der Waals surface area (Å²) >= 11 is 0. The van der Waals surface area contributed by atoms with E-state index in [2.05, 4.69) is 34.5 Å². The van der Waals surface area contributed by atoms with Crippen LogP contribution in [0.3, 0.4) is 0 Å². The van der Waals surface area contributed by atoms with Crippen molar-refractivity contribution in [2.45, 2.75) is 5.60 Å². The predicted molar refractivity (Wildman–Crippen MR) is 62.3 cm³/mol. The van der Waals surface area contributed by atoms with Gasteiger partial charge in [0.2, 0.25) is 0 Å². The standard InChI is InChI=1S/C12H18N2O/c1-14(2)11-6-4-10(5-7-11)12(15-3)8-13-9-12/h4-7,13H,8-9H2,1-3H3. The Morgan fingerprint density at radius 2 is 1.80 bits per heavy atom. The van der Waals surface area contributed by atoms with Crippen LogP contribution in [0.4, 0.5) is 5.69 Å². The second-order valence-electron chi connectivity index (χ2n) is 4.24. The zero-order valence-electron chi connectivity index (χ0n) is 9.58. The molecule has 1 N–H and O–H groups in total. The third kappa shape index (κ3) is 1.73. The minimum atomic E-state index is -0.0924. The van der Waals surface area contributed by atoms with Gasteiger partial charge < -0.3 is 15.0 Å². The summed E-state index contributed by atoms with van der Waals surface area (Å²) in [4.78, 5) is 2.10. The summed E-state index contributed by atoms with van der Waals surface area (Å²) < 4.78 is 5.58. The van der Waals surface area contributed by atoms with Crippen LogP contribution in [0, 0.1) is 0 Å².